The molecule has 0 unspecified atom stereocenters. The summed E-state index contributed by atoms with van der Waals surface area (Å²) >= 11 is 2.62. The lowest BCUT2D eigenvalue weighted by molar-refractivity contribution is -0.384. The molecule has 0 N–H and O–H groups in total. The molecule has 3 heterocycles. The van der Waals surface area contributed by atoms with Crippen molar-refractivity contribution in [3.05, 3.63) is 57.3 Å². The van der Waals surface area contributed by atoms with Gasteiger partial charge in [0.25, 0.3) is 15.7 Å². The highest BCUT2D eigenvalue weighted by atomic mass is 32.2. The lowest BCUT2D eigenvalue weighted by atomic mass is 10.1. The van der Waals surface area contributed by atoms with E-state index in [9.17, 15) is 18.5 Å². The largest absolute Gasteiger partial charge is 0.345 e. The van der Waals surface area contributed by atoms with E-state index in [1.165, 1.54) is 33.0 Å². The molecule has 0 spiro atoms. The van der Waals surface area contributed by atoms with Crippen molar-refractivity contribution < 1.29 is 13.3 Å². The van der Waals surface area contributed by atoms with Gasteiger partial charge in [0, 0.05) is 37.6 Å². The van der Waals surface area contributed by atoms with Crippen LogP contribution in [0.4, 0.5) is 10.8 Å². The van der Waals surface area contributed by atoms with E-state index < -0.39 is 14.9 Å². The van der Waals surface area contributed by atoms with Gasteiger partial charge in [-0.25, -0.2) is 13.4 Å². The van der Waals surface area contributed by atoms with Crippen molar-refractivity contribution in [3.8, 4) is 11.3 Å². The van der Waals surface area contributed by atoms with Gasteiger partial charge >= 0.3 is 0 Å². The zero-order chi connectivity index (χ0) is 19.7. The van der Waals surface area contributed by atoms with Crippen LogP contribution >= 0.6 is 22.7 Å². The highest BCUT2D eigenvalue weighted by Gasteiger charge is 2.30. The number of nitro groups is 1. The Morgan fingerprint density at radius 1 is 1.04 bits per heavy atom. The number of benzene rings is 1. The molecule has 2 aromatic heterocycles. The Balaban J connectivity index is 1.49. The maximum atomic E-state index is 12.6. The SMILES string of the molecule is O=[N+]([O-])c1ccccc1-c1csc(N2CCN(S(=O)(=O)c3cccs3)CC2)n1. The van der Waals surface area contributed by atoms with Crippen molar-refractivity contribution in [1.82, 2.24) is 9.29 Å². The molecule has 1 aliphatic heterocycles. The maximum Gasteiger partial charge on any atom is 0.278 e. The number of para-hydroxylation sites is 1. The summed E-state index contributed by atoms with van der Waals surface area (Å²) in [6.07, 6.45) is 0. The molecule has 28 heavy (non-hydrogen) atoms. The van der Waals surface area contributed by atoms with Gasteiger partial charge in [-0.2, -0.15) is 4.31 Å². The first-order valence-corrected chi connectivity index (χ1v) is 11.6. The van der Waals surface area contributed by atoms with Gasteiger partial charge in [0.15, 0.2) is 5.13 Å². The number of nitrogens with zero attached hydrogens (tertiary/aromatic N) is 4. The summed E-state index contributed by atoms with van der Waals surface area (Å²) in [6.45, 7) is 1.80. The first-order chi connectivity index (χ1) is 13.5. The second kappa shape index (κ2) is 7.59. The van der Waals surface area contributed by atoms with E-state index in [1.54, 1.807) is 41.1 Å². The zero-order valence-electron chi connectivity index (χ0n) is 14.6. The average molecular weight is 437 g/mol. The monoisotopic (exact) mass is 436 g/mol. The second-order valence-corrected chi connectivity index (χ2v) is 10.1. The van der Waals surface area contributed by atoms with Crippen molar-refractivity contribution in [2.75, 3.05) is 31.1 Å². The molecule has 4 rings (SSSR count). The molecule has 1 fully saturated rings. The maximum absolute atomic E-state index is 12.6. The van der Waals surface area contributed by atoms with Crippen LogP contribution in [-0.4, -0.2) is 48.8 Å². The molecule has 1 saturated heterocycles. The van der Waals surface area contributed by atoms with E-state index in [1.807, 2.05) is 4.90 Å². The second-order valence-electron chi connectivity index (χ2n) is 6.11. The molecular weight excluding hydrogens is 420 g/mol. The average Bonchev–Trinajstić information content (AvgIpc) is 3.40. The summed E-state index contributed by atoms with van der Waals surface area (Å²) in [6, 6.07) is 9.86. The van der Waals surface area contributed by atoms with Crippen molar-refractivity contribution in [1.29, 1.82) is 0 Å². The van der Waals surface area contributed by atoms with Crippen LogP contribution in [0.15, 0.2) is 51.4 Å². The van der Waals surface area contributed by atoms with Crippen LogP contribution in [0.3, 0.4) is 0 Å². The molecule has 0 saturated carbocycles. The van der Waals surface area contributed by atoms with Crippen LogP contribution in [0, 0.1) is 10.1 Å². The Bertz CT molecular complexity index is 1090. The summed E-state index contributed by atoms with van der Waals surface area (Å²) in [7, 11) is -3.44. The topological polar surface area (TPSA) is 96.6 Å². The summed E-state index contributed by atoms with van der Waals surface area (Å²) in [5.74, 6) is 0. The Kier molecular flexibility index (Phi) is 5.15. The van der Waals surface area contributed by atoms with Gasteiger partial charge in [-0.05, 0) is 17.5 Å². The third kappa shape index (κ3) is 3.53. The molecule has 0 bridgehead atoms. The number of piperazine rings is 1. The normalized spacial score (nSPS) is 15.6. The number of sulfonamides is 1. The van der Waals surface area contributed by atoms with E-state index in [0.717, 1.165) is 5.13 Å². The molecule has 1 aromatic carbocycles. The number of anilines is 1. The Morgan fingerprint density at radius 2 is 1.79 bits per heavy atom. The van der Waals surface area contributed by atoms with Crippen LogP contribution in [0.25, 0.3) is 11.3 Å². The van der Waals surface area contributed by atoms with Gasteiger partial charge in [0.1, 0.15) is 4.21 Å². The molecule has 146 valence electrons. The number of nitro benzene ring substituents is 1. The number of hydrogen-bond donors (Lipinski definition) is 0. The number of aromatic nitrogens is 1. The summed E-state index contributed by atoms with van der Waals surface area (Å²) < 4.78 is 27.1. The predicted octanol–water partition coefficient (Wildman–Crippen LogP) is 3.29. The van der Waals surface area contributed by atoms with Gasteiger partial charge in [-0.15, -0.1) is 22.7 Å². The van der Waals surface area contributed by atoms with Gasteiger partial charge < -0.3 is 4.90 Å². The van der Waals surface area contributed by atoms with Crippen LogP contribution < -0.4 is 4.90 Å². The highest BCUT2D eigenvalue weighted by Crippen LogP contribution is 2.33. The third-order valence-electron chi connectivity index (χ3n) is 4.47. The minimum Gasteiger partial charge on any atom is -0.345 e. The van der Waals surface area contributed by atoms with Gasteiger partial charge in [-0.3, -0.25) is 10.1 Å². The zero-order valence-corrected chi connectivity index (χ0v) is 17.0. The minimum atomic E-state index is -3.44. The van der Waals surface area contributed by atoms with Crippen molar-refractivity contribution >= 4 is 43.5 Å². The molecule has 11 heteroatoms. The summed E-state index contributed by atoms with van der Waals surface area (Å²) in [5, 5.41) is 15.5. The van der Waals surface area contributed by atoms with E-state index >= 15 is 0 Å². The standard InChI is InChI=1S/C17H16N4O4S3/c22-21(23)15-5-2-1-4-13(15)14-12-27-17(18-14)19-7-9-20(10-8-19)28(24,25)16-6-3-11-26-16/h1-6,11-12H,7-10H2. The highest BCUT2D eigenvalue weighted by molar-refractivity contribution is 7.91. The lowest BCUT2D eigenvalue weighted by Gasteiger charge is -2.33. The molecule has 8 nitrogen and oxygen atoms in total. The Hall–Kier alpha value is -2.34. The lowest BCUT2D eigenvalue weighted by Crippen LogP contribution is -2.48. The molecule has 0 amide bonds. The van der Waals surface area contributed by atoms with Crippen molar-refractivity contribution in [3.63, 3.8) is 0 Å². The fourth-order valence-electron chi connectivity index (χ4n) is 3.04. The molecular formula is C17H16N4O4S3. The van der Waals surface area contributed by atoms with Crippen LogP contribution in [0.2, 0.25) is 0 Å². The fourth-order valence-corrected chi connectivity index (χ4v) is 6.49. The Morgan fingerprint density at radius 3 is 2.46 bits per heavy atom. The smallest absolute Gasteiger partial charge is 0.278 e. The minimum absolute atomic E-state index is 0.0196. The van der Waals surface area contributed by atoms with Crippen LogP contribution in [-0.2, 0) is 10.0 Å². The predicted molar refractivity (Wildman–Crippen MR) is 109 cm³/mol. The van der Waals surface area contributed by atoms with E-state index in [2.05, 4.69) is 4.98 Å². The first kappa shape index (κ1) is 19.0. The molecule has 0 aliphatic carbocycles. The molecule has 0 radical (unpaired) electrons. The molecule has 1 aliphatic rings. The summed E-state index contributed by atoms with van der Waals surface area (Å²) in [4.78, 5) is 17.4. The summed E-state index contributed by atoms with van der Waals surface area (Å²) in [5.41, 5.74) is 1.06. The van der Waals surface area contributed by atoms with Gasteiger partial charge in [0.05, 0.1) is 16.2 Å². The van der Waals surface area contributed by atoms with E-state index in [-0.39, 0.29) is 5.69 Å². The number of hydrogen-bond acceptors (Lipinski definition) is 8. The fraction of sp³-hybridized carbons (Fsp3) is 0.235. The molecule has 0 atom stereocenters. The Labute approximate surface area is 169 Å². The van der Waals surface area contributed by atoms with Crippen LogP contribution in [0.1, 0.15) is 0 Å². The van der Waals surface area contributed by atoms with Gasteiger partial charge in [-0.1, -0.05) is 18.2 Å². The number of rotatable bonds is 5. The van der Waals surface area contributed by atoms with Gasteiger partial charge in [0.2, 0.25) is 0 Å². The van der Waals surface area contributed by atoms with E-state index in [4.69, 9.17) is 0 Å². The molecule has 3 aromatic rings. The quantitative estimate of drug-likeness (QED) is 0.450. The number of thiophene rings is 1. The van der Waals surface area contributed by atoms with Crippen molar-refractivity contribution in [2.24, 2.45) is 0 Å². The first-order valence-electron chi connectivity index (χ1n) is 8.45. The van der Waals surface area contributed by atoms with E-state index in [0.29, 0.717) is 41.6 Å². The van der Waals surface area contributed by atoms with Crippen LogP contribution in [0.5, 0.6) is 0 Å². The van der Waals surface area contributed by atoms with Crippen molar-refractivity contribution in [2.45, 2.75) is 4.21 Å². The third-order valence-corrected chi connectivity index (χ3v) is 8.64. The number of thiazole rings is 1.